The number of hydrogen-bond donors (Lipinski definition) is 2. The molecule has 0 unspecified atom stereocenters. The average Bonchev–Trinajstić information content (AvgIpc) is 2.55. The number of aromatic nitrogens is 1. The second-order valence-corrected chi connectivity index (χ2v) is 5.29. The number of nitrogens with one attached hydrogen (secondary N) is 2. The van der Waals surface area contributed by atoms with E-state index >= 15 is 0 Å². The quantitative estimate of drug-likeness (QED) is 0.856. The third kappa shape index (κ3) is 4.60. The Morgan fingerprint density at radius 1 is 1.09 bits per heavy atom. The lowest BCUT2D eigenvalue weighted by atomic mass is 10.2. The number of rotatable bonds is 6. The molecule has 0 aliphatic rings. The lowest BCUT2D eigenvalue weighted by Crippen LogP contribution is -2.13. The number of amides is 1. The molecular formula is C17H21N3O3. The largest absolute Gasteiger partial charge is 0.497 e. The third-order valence-corrected chi connectivity index (χ3v) is 3.07. The van der Waals surface area contributed by atoms with Crippen LogP contribution in [0.15, 0.2) is 36.5 Å². The van der Waals surface area contributed by atoms with Crippen LogP contribution in [0.5, 0.6) is 11.5 Å². The number of ether oxygens (including phenoxy) is 2. The smallest absolute Gasteiger partial charge is 0.255 e. The average molecular weight is 315 g/mol. The summed E-state index contributed by atoms with van der Waals surface area (Å²) >= 11 is 0. The standard InChI is InChI=1S/C17H21N3O3/c1-11(2)19-16-6-5-13(10-18-16)20-17(21)12-7-14(22-3)9-15(8-12)23-4/h5-11H,1-4H3,(H,18,19)(H,20,21). The van der Waals surface area contributed by atoms with Gasteiger partial charge in [-0.3, -0.25) is 4.79 Å². The summed E-state index contributed by atoms with van der Waals surface area (Å²) in [6, 6.07) is 8.94. The zero-order valence-electron chi connectivity index (χ0n) is 13.7. The lowest BCUT2D eigenvalue weighted by molar-refractivity contribution is 0.102. The summed E-state index contributed by atoms with van der Waals surface area (Å²) in [7, 11) is 3.08. The van der Waals surface area contributed by atoms with Crippen LogP contribution in [-0.2, 0) is 0 Å². The highest BCUT2D eigenvalue weighted by molar-refractivity contribution is 6.04. The highest BCUT2D eigenvalue weighted by atomic mass is 16.5. The van der Waals surface area contributed by atoms with Gasteiger partial charge in [-0.05, 0) is 38.1 Å². The number of nitrogens with zero attached hydrogens (tertiary/aromatic N) is 1. The topological polar surface area (TPSA) is 72.5 Å². The van der Waals surface area contributed by atoms with Crippen molar-refractivity contribution in [2.24, 2.45) is 0 Å². The first-order valence-electron chi connectivity index (χ1n) is 7.29. The van der Waals surface area contributed by atoms with Crippen molar-refractivity contribution in [2.75, 3.05) is 24.9 Å². The van der Waals surface area contributed by atoms with E-state index in [9.17, 15) is 4.79 Å². The van der Waals surface area contributed by atoms with E-state index in [1.807, 2.05) is 19.9 Å². The SMILES string of the molecule is COc1cc(OC)cc(C(=O)Nc2ccc(NC(C)C)nc2)c1. The molecular weight excluding hydrogens is 294 g/mol. The second-order valence-electron chi connectivity index (χ2n) is 5.29. The Balaban J connectivity index is 2.12. The van der Waals surface area contributed by atoms with E-state index in [2.05, 4.69) is 15.6 Å². The van der Waals surface area contributed by atoms with Gasteiger partial charge in [0.25, 0.3) is 5.91 Å². The van der Waals surface area contributed by atoms with Gasteiger partial charge >= 0.3 is 0 Å². The summed E-state index contributed by atoms with van der Waals surface area (Å²) in [5, 5.41) is 5.99. The van der Waals surface area contributed by atoms with Crippen molar-refractivity contribution in [1.29, 1.82) is 0 Å². The number of hydrogen-bond acceptors (Lipinski definition) is 5. The fourth-order valence-corrected chi connectivity index (χ4v) is 1.99. The molecule has 122 valence electrons. The molecule has 0 saturated carbocycles. The fraction of sp³-hybridized carbons (Fsp3) is 0.294. The van der Waals surface area contributed by atoms with Gasteiger partial charge in [-0.15, -0.1) is 0 Å². The number of methoxy groups -OCH3 is 2. The minimum Gasteiger partial charge on any atom is -0.497 e. The number of carbonyl (C=O) groups is 1. The Kier molecular flexibility index (Phi) is 5.41. The predicted octanol–water partition coefficient (Wildman–Crippen LogP) is 3.17. The van der Waals surface area contributed by atoms with Crippen LogP contribution in [-0.4, -0.2) is 31.2 Å². The van der Waals surface area contributed by atoms with Crippen molar-refractivity contribution >= 4 is 17.4 Å². The second kappa shape index (κ2) is 7.49. The molecule has 1 amide bonds. The van der Waals surface area contributed by atoms with Crippen LogP contribution >= 0.6 is 0 Å². The van der Waals surface area contributed by atoms with Crippen LogP contribution in [0.1, 0.15) is 24.2 Å². The summed E-state index contributed by atoms with van der Waals surface area (Å²) in [6.45, 7) is 4.07. The molecule has 0 aliphatic heterocycles. The molecule has 0 spiro atoms. The molecule has 1 aromatic heterocycles. The van der Waals surface area contributed by atoms with Gasteiger partial charge in [0.15, 0.2) is 0 Å². The fourth-order valence-electron chi connectivity index (χ4n) is 1.99. The molecule has 0 aliphatic carbocycles. The van der Waals surface area contributed by atoms with Gasteiger partial charge in [-0.1, -0.05) is 0 Å². The van der Waals surface area contributed by atoms with E-state index in [0.717, 1.165) is 5.82 Å². The van der Waals surface area contributed by atoms with Gasteiger partial charge < -0.3 is 20.1 Å². The first-order chi connectivity index (χ1) is 11.0. The highest BCUT2D eigenvalue weighted by Gasteiger charge is 2.10. The molecule has 23 heavy (non-hydrogen) atoms. The number of benzene rings is 1. The first-order valence-corrected chi connectivity index (χ1v) is 7.29. The van der Waals surface area contributed by atoms with Crippen molar-refractivity contribution in [2.45, 2.75) is 19.9 Å². The van der Waals surface area contributed by atoms with E-state index in [0.29, 0.717) is 28.8 Å². The van der Waals surface area contributed by atoms with Crippen LogP contribution in [0, 0.1) is 0 Å². The van der Waals surface area contributed by atoms with Gasteiger partial charge in [0.05, 0.1) is 26.1 Å². The van der Waals surface area contributed by atoms with Crippen LogP contribution in [0.25, 0.3) is 0 Å². The Hall–Kier alpha value is -2.76. The molecule has 6 heteroatoms. The normalized spacial score (nSPS) is 10.3. The molecule has 0 atom stereocenters. The van der Waals surface area contributed by atoms with E-state index < -0.39 is 0 Å². The molecule has 0 bridgehead atoms. The molecule has 2 rings (SSSR count). The van der Waals surface area contributed by atoms with Crippen LogP contribution in [0.3, 0.4) is 0 Å². The predicted molar refractivity (Wildman–Crippen MR) is 90.5 cm³/mol. The van der Waals surface area contributed by atoms with Gasteiger partial charge in [-0.25, -0.2) is 4.98 Å². The van der Waals surface area contributed by atoms with Gasteiger partial charge in [0.1, 0.15) is 17.3 Å². The van der Waals surface area contributed by atoms with E-state index in [1.54, 1.807) is 44.7 Å². The summed E-state index contributed by atoms with van der Waals surface area (Å²) in [4.78, 5) is 16.6. The van der Waals surface area contributed by atoms with Crippen molar-refractivity contribution in [3.05, 3.63) is 42.1 Å². The lowest BCUT2D eigenvalue weighted by Gasteiger charge is -2.11. The van der Waals surface area contributed by atoms with E-state index in [4.69, 9.17) is 9.47 Å². The molecule has 0 radical (unpaired) electrons. The number of pyridine rings is 1. The molecule has 0 fully saturated rings. The zero-order valence-corrected chi connectivity index (χ0v) is 13.7. The van der Waals surface area contributed by atoms with Crippen LogP contribution < -0.4 is 20.1 Å². The Labute approximate surface area is 135 Å². The molecule has 6 nitrogen and oxygen atoms in total. The van der Waals surface area contributed by atoms with Crippen LogP contribution in [0.4, 0.5) is 11.5 Å². The minimum atomic E-state index is -0.256. The van der Waals surface area contributed by atoms with Crippen LogP contribution in [0.2, 0.25) is 0 Å². The summed E-state index contributed by atoms with van der Waals surface area (Å²) < 4.78 is 10.3. The third-order valence-electron chi connectivity index (χ3n) is 3.07. The van der Waals surface area contributed by atoms with E-state index in [-0.39, 0.29) is 5.91 Å². The molecule has 1 heterocycles. The molecule has 0 saturated heterocycles. The van der Waals surface area contributed by atoms with Crippen molar-refractivity contribution in [3.8, 4) is 11.5 Å². The Morgan fingerprint density at radius 3 is 2.22 bits per heavy atom. The number of anilines is 2. The maximum absolute atomic E-state index is 12.3. The van der Waals surface area contributed by atoms with Gasteiger partial charge in [-0.2, -0.15) is 0 Å². The van der Waals surface area contributed by atoms with Crippen molar-refractivity contribution in [3.63, 3.8) is 0 Å². The van der Waals surface area contributed by atoms with Gasteiger partial charge in [0, 0.05) is 17.7 Å². The zero-order chi connectivity index (χ0) is 16.8. The maximum Gasteiger partial charge on any atom is 0.255 e. The Morgan fingerprint density at radius 2 is 1.74 bits per heavy atom. The highest BCUT2D eigenvalue weighted by Crippen LogP contribution is 2.23. The Bertz CT molecular complexity index is 647. The van der Waals surface area contributed by atoms with Gasteiger partial charge in [0.2, 0.25) is 0 Å². The molecule has 2 aromatic rings. The maximum atomic E-state index is 12.3. The van der Waals surface area contributed by atoms with Crippen molar-refractivity contribution < 1.29 is 14.3 Å². The van der Waals surface area contributed by atoms with E-state index in [1.165, 1.54) is 0 Å². The summed E-state index contributed by atoms with van der Waals surface area (Å²) in [5.41, 5.74) is 1.07. The first kappa shape index (κ1) is 16.6. The molecule has 1 aromatic carbocycles. The molecule has 2 N–H and O–H groups in total. The van der Waals surface area contributed by atoms with Crippen molar-refractivity contribution in [1.82, 2.24) is 4.98 Å². The minimum absolute atomic E-state index is 0.256. The monoisotopic (exact) mass is 315 g/mol. The summed E-state index contributed by atoms with van der Waals surface area (Å²) in [5.74, 6) is 1.63. The number of carbonyl (C=O) groups excluding carboxylic acids is 1. The summed E-state index contributed by atoms with van der Waals surface area (Å²) in [6.07, 6.45) is 1.61.